The number of ether oxygens (including phenoxy) is 2. The molecule has 1 rings (SSSR count). The number of hydrogen-bond donors (Lipinski definition) is 0. The Balaban J connectivity index is 2.88. The first kappa shape index (κ1) is 12.1. The molecule has 0 bridgehead atoms. The SMILES string of the molecule is CCOC(=O)Cc1ccc(OC)cc1C#N. The van der Waals surface area contributed by atoms with Crippen molar-refractivity contribution in [2.45, 2.75) is 13.3 Å². The van der Waals surface area contributed by atoms with Crippen molar-refractivity contribution in [3.8, 4) is 11.8 Å². The van der Waals surface area contributed by atoms with Crippen molar-refractivity contribution < 1.29 is 14.3 Å². The summed E-state index contributed by atoms with van der Waals surface area (Å²) >= 11 is 0. The van der Waals surface area contributed by atoms with E-state index in [4.69, 9.17) is 14.7 Å². The van der Waals surface area contributed by atoms with E-state index in [0.29, 0.717) is 23.5 Å². The van der Waals surface area contributed by atoms with E-state index >= 15 is 0 Å². The summed E-state index contributed by atoms with van der Waals surface area (Å²) in [6.45, 7) is 2.09. The Hall–Kier alpha value is -2.02. The van der Waals surface area contributed by atoms with Crippen molar-refractivity contribution in [1.82, 2.24) is 0 Å². The van der Waals surface area contributed by atoms with Crippen LogP contribution < -0.4 is 4.74 Å². The second kappa shape index (κ2) is 5.76. The van der Waals surface area contributed by atoms with Crippen LogP contribution in [0.15, 0.2) is 18.2 Å². The van der Waals surface area contributed by atoms with E-state index < -0.39 is 0 Å². The van der Waals surface area contributed by atoms with Crippen LogP contribution in [0.5, 0.6) is 5.75 Å². The molecule has 0 atom stereocenters. The maximum Gasteiger partial charge on any atom is 0.310 e. The summed E-state index contributed by atoms with van der Waals surface area (Å²) in [5, 5.41) is 8.92. The van der Waals surface area contributed by atoms with Gasteiger partial charge in [-0.25, -0.2) is 0 Å². The summed E-state index contributed by atoms with van der Waals surface area (Å²) in [6.07, 6.45) is 0.112. The van der Waals surface area contributed by atoms with Gasteiger partial charge in [-0.3, -0.25) is 4.79 Å². The first-order valence-corrected chi connectivity index (χ1v) is 4.94. The molecule has 0 aromatic heterocycles. The van der Waals surface area contributed by atoms with Crippen LogP contribution in [0.3, 0.4) is 0 Å². The van der Waals surface area contributed by atoms with E-state index in [9.17, 15) is 4.79 Å². The summed E-state index contributed by atoms with van der Waals surface area (Å²) in [6, 6.07) is 7.06. The minimum absolute atomic E-state index is 0.112. The molecular weight excluding hydrogens is 206 g/mol. The number of nitrogens with zero attached hydrogens (tertiary/aromatic N) is 1. The van der Waals surface area contributed by atoms with E-state index in [1.807, 2.05) is 6.07 Å². The fraction of sp³-hybridized carbons (Fsp3) is 0.333. The number of rotatable bonds is 4. The van der Waals surface area contributed by atoms with Crippen molar-refractivity contribution in [2.75, 3.05) is 13.7 Å². The molecule has 0 radical (unpaired) electrons. The zero-order chi connectivity index (χ0) is 12.0. The lowest BCUT2D eigenvalue weighted by molar-refractivity contribution is -0.142. The Bertz CT molecular complexity index is 421. The quantitative estimate of drug-likeness (QED) is 0.723. The first-order chi connectivity index (χ1) is 7.71. The van der Waals surface area contributed by atoms with Gasteiger partial charge in [0.05, 0.1) is 31.8 Å². The molecule has 0 N–H and O–H groups in total. The van der Waals surface area contributed by atoms with Gasteiger partial charge in [-0.2, -0.15) is 5.26 Å². The standard InChI is InChI=1S/C12H13NO3/c1-3-16-12(14)7-9-4-5-11(15-2)6-10(9)8-13/h4-6H,3,7H2,1-2H3. The van der Waals surface area contributed by atoms with Gasteiger partial charge in [0.2, 0.25) is 0 Å². The summed E-state index contributed by atoms with van der Waals surface area (Å²) in [5.41, 5.74) is 1.09. The van der Waals surface area contributed by atoms with Gasteiger partial charge in [0.25, 0.3) is 0 Å². The molecule has 0 fully saturated rings. The van der Waals surface area contributed by atoms with Crippen LogP contribution in [0.25, 0.3) is 0 Å². The van der Waals surface area contributed by atoms with Crippen molar-refractivity contribution in [1.29, 1.82) is 5.26 Å². The third-order valence-electron chi connectivity index (χ3n) is 2.08. The van der Waals surface area contributed by atoms with Crippen LogP contribution in [0.1, 0.15) is 18.1 Å². The molecule has 4 heteroatoms. The Kier molecular flexibility index (Phi) is 4.34. The van der Waals surface area contributed by atoms with Gasteiger partial charge in [-0.15, -0.1) is 0 Å². The van der Waals surface area contributed by atoms with Crippen LogP contribution in [-0.2, 0) is 16.0 Å². The van der Waals surface area contributed by atoms with E-state index in [-0.39, 0.29) is 12.4 Å². The number of esters is 1. The average molecular weight is 219 g/mol. The minimum Gasteiger partial charge on any atom is -0.497 e. The van der Waals surface area contributed by atoms with Crippen molar-refractivity contribution in [3.05, 3.63) is 29.3 Å². The van der Waals surface area contributed by atoms with E-state index in [0.717, 1.165) is 0 Å². The Labute approximate surface area is 94.4 Å². The van der Waals surface area contributed by atoms with Gasteiger partial charge in [0, 0.05) is 0 Å². The van der Waals surface area contributed by atoms with Gasteiger partial charge < -0.3 is 9.47 Å². The fourth-order valence-electron chi connectivity index (χ4n) is 1.31. The van der Waals surface area contributed by atoms with E-state index in [1.54, 1.807) is 25.1 Å². The molecule has 0 saturated heterocycles. The maximum atomic E-state index is 11.3. The fourth-order valence-corrected chi connectivity index (χ4v) is 1.31. The molecule has 0 unspecified atom stereocenters. The van der Waals surface area contributed by atoms with Gasteiger partial charge >= 0.3 is 5.97 Å². The third-order valence-corrected chi connectivity index (χ3v) is 2.08. The molecule has 0 spiro atoms. The monoisotopic (exact) mass is 219 g/mol. The molecule has 4 nitrogen and oxygen atoms in total. The highest BCUT2D eigenvalue weighted by Crippen LogP contribution is 2.17. The minimum atomic E-state index is -0.329. The van der Waals surface area contributed by atoms with Gasteiger partial charge in [0.1, 0.15) is 5.75 Å². The highest BCUT2D eigenvalue weighted by atomic mass is 16.5. The molecule has 16 heavy (non-hydrogen) atoms. The van der Waals surface area contributed by atoms with Crippen molar-refractivity contribution in [3.63, 3.8) is 0 Å². The highest BCUT2D eigenvalue weighted by molar-refractivity contribution is 5.73. The van der Waals surface area contributed by atoms with Crippen LogP contribution in [0.2, 0.25) is 0 Å². The topological polar surface area (TPSA) is 59.3 Å². The molecule has 0 amide bonds. The van der Waals surface area contributed by atoms with Crippen molar-refractivity contribution >= 4 is 5.97 Å². The number of nitriles is 1. The summed E-state index contributed by atoms with van der Waals surface area (Å²) in [4.78, 5) is 11.3. The average Bonchev–Trinajstić information content (AvgIpc) is 2.30. The predicted octanol–water partition coefficient (Wildman–Crippen LogP) is 1.67. The molecule has 1 aromatic rings. The molecule has 0 aliphatic carbocycles. The van der Waals surface area contributed by atoms with Gasteiger partial charge in [-0.05, 0) is 24.6 Å². The highest BCUT2D eigenvalue weighted by Gasteiger charge is 2.09. The molecule has 0 heterocycles. The second-order valence-corrected chi connectivity index (χ2v) is 3.12. The predicted molar refractivity (Wildman–Crippen MR) is 58.0 cm³/mol. The lowest BCUT2D eigenvalue weighted by atomic mass is 10.1. The Morgan fingerprint density at radius 1 is 1.50 bits per heavy atom. The Morgan fingerprint density at radius 2 is 2.25 bits per heavy atom. The van der Waals surface area contributed by atoms with Gasteiger partial charge in [-0.1, -0.05) is 6.07 Å². The lowest BCUT2D eigenvalue weighted by Gasteiger charge is -2.06. The number of methoxy groups -OCH3 is 1. The third kappa shape index (κ3) is 2.99. The summed E-state index contributed by atoms with van der Waals surface area (Å²) in [7, 11) is 1.53. The largest absolute Gasteiger partial charge is 0.497 e. The maximum absolute atomic E-state index is 11.3. The molecule has 0 aliphatic heterocycles. The Morgan fingerprint density at radius 3 is 2.81 bits per heavy atom. The van der Waals surface area contributed by atoms with Crippen LogP contribution in [0, 0.1) is 11.3 Å². The zero-order valence-corrected chi connectivity index (χ0v) is 9.32. The molecule has 84 valence electrons. The second-order valence-electron chi connectivity index (χ2n) is 3.12. The number of hydrogen-bond acceptors (Lipinski definition) is 4. The van der Waals surface area contributed by atoms with Crippen LogP contribution in [0.4, 0.5) is 0 Å². The zero-order valence-electron chi connectivity index (χ0n) is 9.32. The van der Waals surface area contributed by atoms with E-state index in [1.165, 1.54) is 7.11 Å². The number of carbonyl (C=O) groups excluding carboxylic acids is 1. The first-order valence-electron chi connectivity index (χ1n) is 4.94. The summed E-state index contributed by atoms with van der Waals surface area (Å²) < 4.78 is 9.82. The van der Waals surface area contributed by atoms with Crippen molar-refractivity contribution in [2.24, 2.45) is 0 Å². The normalized spacial score (nSPS) is 9.31. The number of carbonyl (C=O) groups is 1. The lowest BCUT2D eigenvalue weighted by Crippen LogP contribution is -2.08. The molecule has 0 aliphatic rings. The van der Waals surface area contributed by atoms with Gasteiger partial charge in [0.15, 0.2) is 0 Å². The van der Waals surface area contributed by atoms with Crippen LogP contribution >= 0.6 is 0 Å². The molecular formula is C12H13NO3. The summed E-state index contributed by atoms with van der Waals surface area (Å²) in [5.74, 6) is 0.272. The molecule has 1 aromatic carbocycles. The number of benzene rings is 1. The smallest absolute Gasteiger partial charge is 0.310 e. The molecule has 0 saturated carbocycles. The van der Waals surface area contributed by atoms with Crippen LogP contribution in [-0.4, -0.2) is 19.7 Å². The van der Waals surface area contributed by atoms with E-state index in [2.05, 4.69) is 0 Å².